The molecule has 1 aliphatic rings. The van der Waals surface area contributed by atoms with E-state index in [1.54, 1.807) is 12.5 Å². The minimum atomic E-state index is -0.349. The second kappa shape index (κ2) is 6.68. The summed E-state index contributed by atoms with van der Waals surface area (Å²) in [5, 5.41) is 3.08. The molecule has 2 rings (SSSR count). The summed E-state index contributed by atoms with van der Waals surface area (Å²) >= 11 is 1.99. The molecule has 4 nitrogen and oxygen atoms in total. The minimum Gasteiger partial charge on any atom is -0.472 e. The predicted octanol–water partition coefficient (Wildman–Crippen LogP) is 2.53. The van der Waals surface area contributed by atoms with E-state index in [0.717, 1.165) is 30.2 Å². The maximum atomic E-state index is 12.1. The minimum absolute atomic E-state index is 0.0948. The molecule has 20 heavy (non-hydrogen) atoms. The fourth-order valence-corrected chi connectivity index (χ4v) is 3.20. The van der Waals surface area contributed by atoms with Gasteiger partial charge < -0.3 is 9.73 Å². The summed E-state index contributed by atoms with van der Waals surface area (Å²) in [4.78, 5) is 14.5. The van der Waals surface area contributed by atoms with E-state index >= 15 is 0 Å². The maximum absolute atomic E-state index is 12.1. The van der Waals surface area contributed by atoms with Crippen LogP contribution in [0.3, 0.4) is 0 Å². The van der Waals surface area contributed by atoms with Crippen molar-refractivity contribution in [3.8, 4) is 0 Å². The Balaban J connectivity index is 2.02. The van der Waals surface area contributed by atoms with Crippen molar-refractivity contribution in [3.63, 3.8) is 0 Å². The van der Waals surface area contributed by atoms with Gasteiger partial charge in [0.25, 0.3) is 0 Å². The molecule has 0 bridgehead atoms. The molecule has 5 heteroatoms. The molecule has 1 atom stereocenters. The summed E-state index contributed by atoms with van der Waals surface area (Å²) in [7, 11) is 0. The van der Waals surface area contributed by atoms with Crippen molar-refractivity contribution in [1.29, 1.82) is 0 Å². The fourth-order valence-electron chi connectivity index (χ4n) is 2.27. The normalized spacial score (nSPS) is 18.8. The molecule has 1 aliphatic heterocycles. The lowest BCUT2D eigenvalue weighted by Crippen LogP contribution is -2.44. The summed E-state index contributed by atoms with van der Waals surface area (Å²) in [5.41, 5.74) is 0.796. The lowest BCUT2D eigenvalue weighted by atomic mass is 9.95. The molecular formula is C15H24N2O2S. The number of amides is 1. The van der Waals surface area contributed by atoms with Crippen LogP contribution in [0.5, 0.6) is 0 Å². The molecular weight excluding hydrogens is 272 g/mol. The van der Waals surface area contributed by atoms with Crippen LogP contribution in [0, 0.1) is 5.41 Å². The first kappa shape index (κ1) is 15.4. The number of rotatable bonds is 4. The van der Waals surface area contributed by atoms with Crippen LogP contribution < -0.4 is 5.32 Å². The van der Waals surface area contributed by atoms with Crippen molar-refractivity contribution in [2.45, 2.75) is 26.8 Å². The predicted molar refractivity (Wildman–Crippen MR) is 82.8 cm³/mol. The van der Waals surface area contributed by atoms with Crippen LogP contribution in [0.25, 0.3) is 0 Å². The second-order valence-corrected chi connectivity index (χ2v) is 7.41. The van der Waals surface area contributed by atoms with E-state index in [-0.39, 0.29) is 17.4 Å². The van der Waals surface area contributed by atoms with Gasteiger partial charge in [-0.1, -0.05) is 20.8 Å². The maximum Gasteiger partial charge on any atom is 0.225 e. The van der Waals surface area contributed by atoms with Gasteiger partial charge in [-0.15, -0.1) is 0 Å². The molecule has 1 amide bonds. The van der Waals surface area contributed by atoms with Gasteiger partial charge in [-0.25, -0.2) is 0 Å². The van der Waals surface area contributed by atoms with E-state index in [1.165, 1.54) is 0 Å². The van der Waals surface area contributed by atoms with E-state index in [0.29, 0.717) is 6.54 Å². The average molecular weight is 296 g/mol. The van der Waals surface area contributed by atoms with Gasteiger partial charge in [0.15, 0.2) is 0 Å². The Bertz CT molecular complexity index is 420. The third kappa shape index (κ3) is 4.03. The molecule has 0 aliphatic carbocycles. The first-order valence-corrected chi connectivity index (χ1v) is 8.26. The third-order valence-electron chi connectivity index (χ3n) is 3.55. The van der Waals surface area contributed by atoms with Crippen molar-refractivity contribution >= 4 is 17.7 Å². The van der Waals surface area contributed by atoms with Crippen molar-refractivity contribution in [3.05, 3.63) is 24.2 Å². The molecule has 0 saturated carbocycles. The smallest absolute Gasteiger partial charge is 0.225 e. The molecule has 1 fully saturated rings. The molecule has 1 aromatic heterocycles. The van der Waals surface area contributed by atoms with Crippen LogP contribution in [0.15, 0.2) is 23.0 Å². The van der Waals surface area contributed by atoms with Crippen LogP contribution in [0.2, 0.25) is 0 Å². The van der Waals surface area contributed by atoms with Gasteiger partial charge in [-0.3, -0.25) is 9.69 Å². The van der Waals surface area contributed by atoms with E-state index in [1.807, 2.05) is 38.6 Å². The van der Waals surface area contributed by atoms with Crippen LogP contribution in [-0.4, -0.2) is 41.9 Å². The van der Waals surface area contributed by atoms with Crippen molar-refractivity contribution in [2.24, 2.45) is 5.41 Å². The highest BCUT2D eigenvalue weighted by atomic mass is 32.2. The van der Waals surface area contributed by atoms with Crippen molar-refractivity contribution in [2.75, 3.05) is 31.1 Å². The van der Waals surface area contributed by atoms with Gasteiger partial charge in [0.2, 0.25) is 5.91 Å². The van der Waals surface area contributed by atoms with E-state index in [9.17, 15) is 4.79 Å². The van der Waals surface area contributed by atoms with Gasteiger partial charge in [0, 0.05) is 42.1 Å². The Hall–Kier alpha value is -0.940. The van der Waals surface area contributed by atoms with E-state index in [2.05, 4.69) is 10.2 Å². The lowest BCUT2D eigenvalue weighted by molar-refractivity contribution is -0.128. The third-order valence-corrected chi connectivity index (χ3v) is 4.49. The van der Waals surface area contributed by atoms with Gasteiger partial charge >= 0.3 is 0 Å². The molecule has 2 heterocycles. The molecule has 1 N–H and O–H groups in total. The standard InChI is InChI=1S/C15H24N2O2S/c1-15(2,3)14(18)16-10-13(12-4-7-19-11-12)17-5-8-20-9-6-17/h4,7,11,13H,5-6,8-10H2,1-3H3,(H,16,18). The average Bonchev–Trinajstić information content (AvgIpc) is 2.93. The highest BCUT2D eigenvalue weighted by Gasteiger charge is 2.26. The van der Waals surface area contributed by atoms with Gasteiger partial charge in [0.1, 0.15) is 0 Å². The van der Waals surface area contributed by atoms with Gasteiger partial charge in [0.05, 0.1) is 18.6 Å². The number of carbonyl (C=O) groups is 1. The Morgan fingerprint density at radius 1 is 1.45 bits per heavy atom. The van der Waals surface area contributed by atoms with Crippen molar-refractivity contribution < 1.29 is 9.21 Å². The SMILES string of the molecule is CC(C)(C)C(=O)NCC(c1ccoc1)N1CCSCC1. The van der Waals surface area contributed by atoms with Crippen molar-refractivity contribution in [1.82, 2.24) is 10.2 Å². The van der Waals surface area contributed by atoms with Crippen LogP contribution in [0.4, 0.5) is 0 Å². The van der Waals surface area contributed by atoms with E-state index < -0.39 is 0 Å². The Labute approximate surface area is 125 Å². The fraction of sp³-hybridized carbons (Fsp3) is 0.667. The second-order valence-electron chi connectivity index (χ2n) is 6.18. The summed E-state index contributed by atoms with van der Waals surface area (Å²) in [6, 6.07) is 2.20. The zero-order valence-corrected chi connectivity index (χ0v) is 13.3. The zero-order valence-electron chi connectivity index (χ0n) is 12.5. The Morgan fingerprint density at radius 3 is 2.70 bits per heavy atom. The highest BCUT2D eigenvalue weighted by molar-refractivity contribution is 7.99. The monoisotopic (exact) mass is 296 g/mol. The van der Waals surface area contributed by atoms with Gasteiger partial charge in [-0.2, -0.15) is 11.8 Å². The molecule has 0 spiro atoms. The number of nitrogens with zero attached hydrogens (tertiary/aromatic N) is 1. The first-order chi connectivity index (χ1) is 9.48. The molecule has 1 aromatic rings. The summed E-state index contributed by atoms with van der Waals surface area (Å²) in [6.45, 7) is 8.57. The molecule has 1 saturated heterocycles. The highest BCUT2D eigenvalue weighted by Crippen LogP contribution is 2.24. The number of hydrogen-bond acceptors (Lipinski definition) is 4. The number of nitrogens with one attached hydrogen (secondary N) is 1. The number of hydrogen-bond donors (Lipinski definition) is 1. The number of thioether (sulfide) groups is 1. The van der Waals surface area contributed by atoms with E-state index in [4.69, 9.17) is 4.42 Å². The molecule has 112 valence electrons. The summed E-state index contributed by atoms with van der Waals surface area (Å²) in [6.07, 6.45) is 3.49. The Morgan fingerprint density at radius 2 is 2.15 bits per heavy atom. The molecule has 0 radical (unpaired) electrons. The lowest BCUT2D eigenvalue weighted by Gasteiger charge is -2.34. The van der Waals surface area contributed by atoms with Crippen LogP contribution in [-0.2, 0) is 4.79 Å². The first-order valence-electron chi connectivity index (χ1n) is 7.10. The van der Waals surface area contributed by atoms with Gasteiger partial charge in [-0.05, 0) is 6.07 Å². The van der Waals surface area contributed by atoms with Crippen LogP contribution in [0.1, 0.15) is 32.4 Å². The number of carbonyl (C=O) groups excluding carboxylic acids is 1. The largest absolute Gasteiger partial charge is 0.472 e. The van der Waals surface area contributed by atoms with Crippen LogP contribution >= 0.6 is 11.8 Å². The molecule has 1 unspecified atom stereocenters. The molecule has 0 aromatic carbocycles. The number of furan rings is 1. The Kier molecular flexibility index (Phi) is 5.16. The topological polar surface area (TPSA) is 45.5 Å². The summed E-state index contributed by atoms with van der Waals surface area (Å²) in [5.74, 6) is 2.40. The zero-order chi connectivity index (χ0) is 14.6. The quantitative estimate of drug-likeness (QED) is 0.927. The summed E-state index contributed by atoms with van der Waals surface area (Å²) < 4.78 is 5.22.